The fraction of sp³-hybridized carbons (Fsp3) is 0.526. The van der Waals surface area contributed by atoms with E-state index in [1.807, 2.05) is 30.3 Å². The Hall–Kier alpha value is -2.25. The molecular weight excluding hydrogens is 334 g/mol. The molecule has 1 aliphatic heterocycles. The van der Waals surface area contributed by atoms with Crippen molar-refractivity contribution in [2.24, 2.45) is 0 Å². The molecule has 142 valence electrons. The number of nitrogens with one attached hydrogen (secondary N) is 3. The van der Waals surface area contributed by atoms with Crippen LogP contribution in [-0.4, -0.2) is 55.0 Å². The van der Waals surface area contributed by atoms with Crippen LogP contribution in [0.25, 0.3) is 0 Å². The van der Waals surface area contributed by atoms with Gasteiger partial charge in [-0.3, -0.25) is 14.4 Å². The molecule has 7 heteroatoms. The Balaban J connectivity index is 2.06. The van der Waals surface area contributed by atoms with Gasteiger partial charge in [0.2, 0.25) is 11.8 Å². The fourth-order valence-corrected chi connectivity index (χ4v) is 2.57. The zero-order valence-corrected chi connectivity index (χ0v) is 15.7. The van der Waals surface area contributed by atoms with Crippen LogP contribution in [0.3, 0.4) is 0 Å². The minimum absolute atomic E-state index is 0.167. The third kappa shape index (κ3) is 5.12. The Morgan fingerprint density at radius 3 is 2.23 bits per heavy atom. The summed E-state index contributed by atoms with van der Waals surface area (Å²) in [5.41, 5.74) is 0.118. The van der Waals surface area contributed by atoms with Gasteiger partial charge in [0, 0.05) is 6.42 Å². The standard InChI is InChI=1S/C19H27N3O4/c1-12(16(23)19(3)11-26-19)21-18(25)15(22-17(24)13(2)20-4)10-14-8-6-5-7-9-14/h5-9,12-13,15,20H,10-11H2,1-4H3,(H,21,25)(H,22,24)/t12-,13-,15-,19+/m0/s1. The molecule has 1 aliphatic rings. The summed E-state index contributed by atoms with van der Waals surface area (Å²) in [7, 11) is 1.67. The number of ether oxygens (including phenoxy) is 1. The predicted molar refractivity (Wildman–Crippen MR) is 97.6 cm³/mol. The fourth-order valence-electron chi connectivity index (χ4n) is 2.57. The minimum atomic E-state index is -0.800. The number of ketones is 1. The zero-order valence-electron chi connectivity index (χ0n) is 15.7. The summed E-state index contributed by atoms with van der Waals surface area (Å²) in [5, 5.41) is 8.31. The summed E-state index contributed by atoms with van der Waals surface area (Å²) < 4.78 is 5.15. The first kappa shape index (κ1) is 20.1. The van der Waals surface area contributed by atoms with Crippen molar-refractivity contribution >= 4 is 17.6 Å². The van der Waals surface area contributed by atoms with E-state index in [1.54, 1.807) is 27.8 Å². The summed E-state index contributed by atoms with van der Waals surface area (Å²) >= 11 is 0. The van der Waals surface area contributed by atoms with Gasteiger partial charge in [-0.1, -0.05) is 30.3 Å². The van der Waals surface area contributed by atoms with Crippen LogP contribution in [0.15, 0.2) is 30.3 Å². The Morgan fingerprint density at radius 1 is 1.08 bits per heavy atom. The number of amides is 2. The molecule has 1 fully saturated rings. The first-order chi connectivity index (χ1) is 12.3. The van der Waals surface area contributed by atoms with Crippen molar-refractivity contribution in [3.8, 4) is 0 Å². The van der Waals surface area contributed by atoms with Crippen molar-refractivity contribution < 1.29 is 19.1 Å². The molecule has 0 unspecified atom stereocenters. The average molecular weight is 361 g/mol. The molecule has 1 aromatic rings. The van der Waals surface area contributed by atoms with Crippen molar-refractivity contribution in [1.29, 1.82) is 0 Å². The van der Waals surface area contributed by atoms with E-state index in [0.717, 1.165) is 5.56 Å². The van der Waals surface area contributed by atoms with Crippen LogP contribution in [0.4, 0.5) is 0 Å². The SMILES string of the molecule is CN[C@@H](C)C(=O)N[C@@H](Cc1ccccc1)C(=O)N[C@@H](C)C(=O)[C@@]1(C)CO1. The maximum absolute atomic E-state index is 12.7. The first-order valence-corrected chi connectivity index (χ1v) is 8.77. The second-order valence-electron chi connectivity index (χ2n) is 6.88. The van der Waals surface area contributed by atoms with Crippen LogP contribution < -0.4 is 16.0 Å². The summed E-state index contributed by atoms with van der Waals surface area (Å²) in [6, 6.07) is 7.52. The van der Waals surface area contributed by atoms with Crippen LogP contribution in [0.2, 0.25) is 0 Å². The van der Waals surface area contributed by atoms with E-state index in [-0.39, 0.29) is 11.7 Å². The monoisotopic (exact) mass is 361 g/mol. The normalized spacial score (nSPS) is 22.0. The van der Waals surface area contributed by atoms with Crippen molar-refractivity contribution in [3.63, 3.8) is 0 Å². The molecule has 0 aliphatic carbocycles. The number of carbonyl (C=O) groups excluding carboxylic acids is 3. The molecule has 0 bridgehead atoms. The predicted octanol–water partition coefficient (Wildman–Crippen LogP) is 0.185. The molecule has 0 aromatic heterocycles. The number of likely N-dealkylation sites (N-methyl/N-ethyl adjacent to an activating group) is 1. The lowest BCUT2D eigenvalue weighted by atomic mass is 10.0. The lowest BCUT2D eigenvalue weighted by Gasteiger charge is -2.23. The third-order valence-corrected chi connectivity index (χ3v) is 4.59. The summed E-state index contributed by atoms with van der Waals surface area (Å²) in [6.07, 6.45) is 0.337. The van der Waals surface area contributed by atoms with Gasteiger partial charge < -0.3 is 20.7 Å². The van der Waals surface area contributed by atoms with Crippen molar-refractivity contribution in [2.75, 3.05) is 13.7 Å². The van der Waals surface area contributed by atoms with Gasteiger partial charge in [0.25, 0.3) is 0 Å². The van der Waals surface area contributed by atoms with E-state index in [2.05, 4.69) is 16.0 Å². The number of hydrogen-bond acceptors (Lipinski definition) is 5. The molecule has 0 radical (unpaired) electrons. The molecule has 0 spiro atoms. The largest absolute Gasteiger partial charge is 0.361 e. The molecule has 3 N–H and O–H groups in total. The van der Waals surface area contributed by atoms with Gasteiger partial charge in [-0.05, 0) is 33.4 Å². The molecule has 1 saturated heterocycles. The highest BCUT2D eigenvalue weighted by Gasteiger charge is 2.49. The number of carbonyl (C=O) groups is 3. The second kappa shape index (κ2) is 8.42. The highest BCUT2D eigenvalue weighted by Crippen LogP contribution is 2.28. The lowest BCUT2D eigenvalue weighted by Crippen LogP contribution is -2.55. The number of hydrogen-bond donors (Lipinski definition) is 3. The van der Waals surface area contributed by atoms with Gasteiger partial charge in [-0.2, -0.15) is 0 Å². The third-order valence-electron chi connectivity index (χ3n) is 4.59. The van der Waals surface area contributed by atoms with E-state index < -0.39 is 29.6 Å². The molecule has 4 atom stereocenters. The van der Waals surface area contributed by atoms with Crippen molar-refractivity contribution in [3.05, 3.63) is 35.9 Å². The molecule has 0 saturated carbocycles. The van der Waals surface area contributed by atoms with Crippen LogP contribution in [0.5, 0.6) is 0 Å². The number of rotatable bonds is 9. The van der Waals surface area contributed by atoms with E-state index in [1.165, 1.54) is 0 Å². The quantitative estimate of drug-likeness (QED) is 0.545. The number of epoxide rings is 1. The summed E-state index contributed by atoms with van der Waals surface area (Å²) in [5.74, 6) is -0.838. The van der Waals surface area contributed by atoms with Gasteiger partial charge in [-0.25, -0.2) is 0 Å². The van der Waals surface area contributed by atoms with Crippen LogP contribution in [0.1, 0.15) is 26.3 Å². The molecule has 7 nitrogen and oxygen atoms in total. The van der Waals surface area contributed by atoms with Gasteiger partial charge in [0.05, 0.1) is 18.7 Å². The van der Waals surface area contributed by atoms with E-state index in [0.29, 0.717) is 13.0 Å². The van der Waals surface area contributed by atoms with Crippen LogP contribution >= 0.6 is 0 Å². The van der Waals surface area contributed by atoms with Crippen LogP contribution in [0, 0.1) is 0 Å². The summed E-state index contributed by atoms with van der Waals surface area (Å²) in [4.78, 5) is 37.2. The van der Waals surface area contributed by atoms with Crippen LogP contribution in [-0.2, 0) is 25.5 Å². The average Bonchev–Trinajstić information content (AvgIpc) is 3.39. The molecule has 2 rings (SSSR count). The minimum Gasteiger partial charge on any atom is -0.361 e. The topological polar surface area (TPSA) is 99.8 Å². The lowest BCUT2D eigenvalue weighted by molar-refractivity contribution is -0.132. The highest BCUT2D eigenvalue weighted by molar-refractivity contribution is 5.97. The number of Topliss-reactive ketones (excluding diaryl/α,β-unsaturated/α-hetero) is 1. The Labute approximate surface area is 153 Å². The molecule has 26 heavy (non-hydrogen) atoms. The Morgan fingerprint density at radius 2 is 1.69 bits per heavy atom. The van der Waals surface area contributed by atoms with E-state index in [4.69, 9.17) is 4.74 Å². The second-order valence-corrected chi connectivity index (χ2v) is 6.88. The van der Waals surface area contributed by atoms with Gasteiger partial charge in [0.15, 0.2) is 5.78 Å². The van der Waals surface area contributed by atoms with E-state index in [9.17, 15) is 14.4 Å². The molecular formula is C19H27N3O4. The molecule has 1 aromatic carbocycles. The van der Waals surface area contributed by atoms with Gasteiger partial charge in [0.1, 0.15) is 11.6 Å². The Bertz CT molecular complexity index is 658. The maximum atomic E-state index is 12.7. The first-order valence-electron chi connectivity index (χ1n) is 8.77. The highest BCUT2D eigenvalue weighted by atomic mass is 16.6. The number of benzene rings is 1. The molecule has 2 amide bonds. The van der Waals surface area contributed by atoms with Crippen molar-refractivity contribution in [2.45, 2.75) is 50.9 Å². The Kier molecular flexibility index (Phi) is 6.50. The van der Waals surface area contributed by atoms with Crippen molar-refractivity contribution in [1.82, 2.24) is 16.0 Å². The van der Waals surface area contributed by atoms with E-state index >= 15 is 0 Å². The maximum Gasteiger partial charge on any atom is 0.243 e. The molecule has 1 heterocycles. The van der Waals surface area contributed by atoms with Gasteiger partial charge >= 0.3 is 0 Å². The van der Waals surface area contributed by atoms with Gasteiger partial charge in [-0.15, -0.1) is 0 Å². The summed E-state index contributed by atoms with van der Waals surface area (Å²) in [6.45, 7) is 5.42. The smallest absolute Gasteiger partial charge is 0.243 e. The zero-order chi connectivity index (χ0) is 19.3.